The zero-order chi connectivity index (χ0) is 7.28. The van der Waals surface area contributed by atoms with Gasteiger partial charge in [-0.05, 0) is 6.92 Å². The van der Waals surface area contributed by atoms with Crippen LogP contribution in [0.1, 0.15) is 6.92 Å². The highest BCUT2D eigenvalue weighted by Gasteiger charge is 1.93. The fourth-order valence-corrected chi connectivity index (χ4v) is 0.286. The van der Waals surface area contributed by atoms with Crippen LogP contribution < -0.4 is 16.6 Å². The minimum Gasteiger partial charge on any atom is -0.392 e. The lowest BCUT2D eigenvalue weighted by Gasteiger charge is -2.04. The number of primary amides is 1. The van der Waals surface area contributed by atoms with Crippen LogP contribution in [-0.4, -0.2) is 23.8 Å². The second-order valence-corrected chi connectivity index (χ2v) is 1.72. The summed E-state index contributed by atoms with van der Waals surface area (Å²) in [5.41, 5.74) is 9.20. The lowest BCUT2D eigenvalue weighted by Crippen LogP contribution is -2.43. The first-order valence-corrected chi connectivity index (χ1v) is 2.59. The first-order chi connectivity index (χ1) is 4.13. The number of aliphatic hydroxyl groups excluding tert-OH is 1. The summed E-state index contributed by atoms with van der Waals surface area (Å²) < 4.78 is 0. The molecule has 1 atom stereocenters. The zero-order valence-electron chi connectivity index (χ0n) is 5.22. The van der Waals surface area contributed by atoms with Gasteiger partial charge in [-0.2, -0.15) is 0 Å². The highest BCUT2D eigenvalue weighted by Crippen LogP contribution is 1.70. The Balaban J connectivity index is 3.01. The van der Waals surface area contributed by atoms with E-state index in [1.165, 1.54) is 0 Å². The van der Waals surface area contributed by atoms with Crippen LogP contribution in [-0.2, 0) is 0 Å². The van der Waals surface area contributed by atoms with Crippen LogP contribution in [0.2, 0.25) is 0 Å². The van der Waals surface area contributed by atoms with Crippen LogP contribution >= 0.6 is 0 Å². The Morgan fingerprint density at radius 3 is 2.78 bits per heavy atom. The molecule has 0 radical (unpaired) electrons. The molecule has 0 aromatic carbocycles. The Morgan fingerprint density at radius 1 is 1.89 bits per heavy atom. The molecule has 0 fully saturated rings. The monoisotopic (exact) mass is 133 g/mol. The van der Waals surface area contributed by atoms with Gasteiger partial charge in [-0.1, -0.05) is 0 Å². The maximum absolute atomic E-state index is 9.95. The number of nitrogens with one attached hydrogen (secondary N) is 2. The molecule has 5 nitrogen and oxygen atoms in total. The van der Waals surface area contributed by atoms with Crippen LogP contribution in [0.4, 0.5) is 4.79 Å². The summed E-state index contributed by atoms with van der Waals surface area (Å²) in [4.78, 5) is 9.95. The van der Waals surface area contributed by atoms with E-state index in [-0.39, 0.29) is 0 Å². The molecule has 5 N–H and O–H groups in total. The number of nitrogens with two attached hydrogens (primary N) is 1. The molecule has 0 bridgehead atoms. The molecule has 0 aliphatic rings. The number of aliphatic hydroxyl groups is 1. The number of amides is 2. The summed E-state index contributed by atoms with van der Waals surface area (Å²) in [5, 5.41) is 8.61. The number of carbonyl (C=O) groups excluding carboxylic acids is 1. The fourth-order valence-electron chi connectivity index (χ4n) is 0.286. The van der Waals surface area contributed by atoms with Crippen molar-refractivity contribution in [2.75, 3.05) is 6.54 Å². The van der Waals surface area contributed by atoms with Crippen LogP contribution in [0.3, 0.4) is 0 Å². The van der Waals surface area contributed by atoms with Gasteiger partial charge in [0.2, 0.25) is 0 Å². The largest absolute Gasteiger partial charge is 0.392 e. The predicted molar refractivity (Wildman–Crippen MR) is 32.4 cm³/mol. The van der Waals surface area contributed by atoms with Crippen molar-refractivity contribution in [3.63, 3.8) is 0 Å². The molecule has 1 unspecified atom stereocenters. The Morgan fingerprint density at radius 2 is 2.44 bits per heavy atom. The summed E-state index contributed by atoms with van der Waals surface area (Å²) in [6.07, 6.45) is -0.489. The molecular weight excluding hydrogens is 122 g/mol. The zero-order valence-corrected chi connectivity index (χ0v) is 5.22. The van der Waals surface area contributed by atoms with Crippen molar-refractivity contribution >= 4 is 6.03 Å². The first-order valence-electron chi connectivity index (χ1n) is 2.59. The summed E-state index contributed by atoms with van der Waals surface area (Å²) in [6.45, 7) is 1.89. The summed E-state index contributed by atoms with van der Waals surface area (Å²) >= 11 is 0. The molecule has 0 saturated carbocycles. The van der Waals surface area contributed by atoms with Gasteiger partial charge in [-0.15, -0.1) is 0 Å². The minimum atomic E-state index is -0.657. The molecule has 9 heavy (non-hydrogen) atoms. The topological polar surface area (TPSA) is 87.4 Å². The van der Waals surface area contributed by atoms with Crippen LogP contribution in [0.5, 0.6) is 0 Å². The number of carbonyl (C=O) groups is 1. The molecule has 0 aromatic heterocycles. The van der Waals surface area contributed by atoms with Crippen molar-refractivity contribution in [3.05, 3.63) is 0 Å². The third kappa shape index (κ3) is 7.19. The third-order valence-corrected chi connectivity index (χ3v) is 0.609. The molecule has 5 heteroatoms. The quantitative estimate of drug-likeness (QED) is 0.355. The van der Waals surface area contributed by atoms with Crippen molar-refractivity contribution in [1.82, 2.24) is 10.9 Å². The van der Waals surface area contributed by atoms with E-state index >= 15 is 0 Å². The molecule has 0 aliphatic heterocycles. The molecule has 0 aliphatic carbocycles. The van der Waals surface area contributed by atoms with Crippen molar-refractivity contribution in [1.29, 1.82) is 0 Å². The fraction of sp³-hybridized carbons (Fsp3) is 0.750. The number of urea groups is 1. The van der Waals surface area contributed by atoms with Crippen LogP contribution in [0, 0.1) is 0 Å². The minimum absolute atomic E-state index is 0.295. The molecule has 0 rings (SSSR count). The van der Waals surface area contributed by atoms with Gasteiger partial charge in [0.15, 0.2) is 0 Å². The van der Waals surface area contributed by atoms with E-state index in [2.05, 4.69) is 16.6 Å². The third-order valence-electron chi connectivity index (χ3n) is 0.609. The SMILES string of the molecule is CC(O)CNNC(N)=O. The maximum atomic E-state index is 9.95. The summed E-state index contributed by atoms with van der Waals surface area (Å²) in [5.74, 6) is 0. The second kappa shape index (κ2) is 4.11. The molecule has 0 aromatic rings. The van der Waals surface area contributed by atoms with Gasteiger partial charge in [-0.3, -0.25) is 5.43 Å². The average molecular weight is 133 g/mol. The molecular formula is C4H11N3O2. The molecule has 54 valence electrons. The number of hydrogen-bond donors (Lipinski definition) is 4. The molecule has 0 saturated heterocycles. The van der Waals surface area contributed by atoms with Crippen molar-refractivity contribution < 1.29 is 9.90 Å². The average Bonchev–Trinajstić information content (AvgIpc) is 1.63. The molecule has 2 amide bonds. The van der Waals surface area contributed by atoms with E-state index in [4.69, 9.17) is 5.11 Å². The summed E-state index contributed by atoms with van der Waals surface area (Å²) in [7, 11) is 0. The van der Waals surface area contributed by atoms with Crippen LogP contribution in [0.15, 0.2) is 0 Å². The molecule has 0 heterocycles. The summed E-state index contributed by atoms with van der Waals surface area (Å²) in [6, 6.07) is -0.657. The maximum Gasteiger partial charge on any atom is 0.326 e. The van der Waals surface area contributed by atoms with E-state index in [1.807, 2.05) is 0 Å². The van der Waals surface area contributed by atoms with E-state index < -0.39 is 12.1 Å². The highest BCUT2D eigenvalue weighted by atomic mass is 16.3. The van der Waals surface area contributed by atoms with Gasteiger partial charge in [-0.25, -0.2) is 10.2 Å². The highest BCUT2D eigenvalue weighted by molar-refractivity contribution is 5.70. The number of hydrazine groups is 1. The van der Waals surface area contributed by atoms with E-state index in [0.717, 1.165) is 0 Å². The Bertz CT molecular complexity index is 93.8. The second-order valence-electron chi connectivity index (χ2n) is 1.72. The first kappa shape index (κ1) is 8.19. The predicted octanol–water partition coefficient (Wildman–Crippen LogP) is -1.46. The number of hydrogen-bond acceptors (Lipinski definition) is 3. The normalized spacial score (nSPS) is 12.7. The van der Waals surface area contributed by atoms with Gasteiger partial charge in [0, 0.05) is 6.54 Å². The lowest BCUT2D eigenvalue weighted by atomic mass is 10.4. The van der Waals surface area contributed by atoms with Gasteiger partial charge in [0.1, 0.15) is 0 Å². The lowest BCUT2D eigenvalue weighted by molar-refractivity contribution is 0.185. The van der Waals surface area contributed by atoms with Crippen LogP contribution in [0.25, 0.3) is 0 Å². The van der Waals surface area contributed by atoms with Crippen molar-refractivity contribution in [2.45, 2.75) is 13.0 Å². The van der Waals surface area contributed by atoms with E-state index in [1.54, 1.807) is 6.92 Å². The Kier molecular flexibility index (Phi) is 3.74. The Hall–Kier alpha value is -0.810. The van der Waals surface area contributed by atoms with E-state index in [9.17, 15) is 4.79 Å². The number of rotatable bonds is 3. The Labute approximate surface area is 53.2 Å². The van der Waals surface area contributed by atoms with Gasteiger partial charge in [0.05, 0.1) is 6.10 Å². The van der Waals surface area contributed by atoms with Gasteiger partial charge >= 0.3 is 6.03 Å². The molecule has 0 spiro atoms. The van der Waals surface area contributed by atoms with E-state index in [0.29, 0.717) is 6.54 Å². The van der Waals surface area contributed by atoms with Gasteiger partial charge < -0.3 is 10.8 Å². The smallest absolute Gasteiger partial charge is 0.326 e. The van der Waals surface area contributed by atoms with Crippen molar-refractivity contribution in [2.24, 2.45) is 5.73 Å². The van der Waals surface area contributed by atoms with Gasteiger partial charge in [0.25, 0.3) is 0 Å². The van der Waals surface area contributed by atoms with Crippen molar-refractivity contribution in [3.8, 4) is 0 Å². The standard InChI is InChI=1S/C4H11N3O2/c1-3(8)2-6-7-4(5)9/h3,6,8H,2H2,1H3,(H3,5,7,9).